The number of carbonyl (C=O) groups excluding carboxylic acids is 1. The van der Waals surface area contributed by atoms with Gasteiger partial charge in [-0.2, -0.15) is 10.5 Å². The highest BCUT2D eigenvalue weighted by molar-refractivity contribution is 7.12. The Balaban J connectivity index is 1.21. The van der Waals surface area contributed by atoms with Crippen molar-refractivity contribution in [1.29, 1.82) is 10.5 Å². The van der Waals surface area contributed by atoms with Crippen molar-refractivity contribution in [3.05, 3.63) is 117 Å². The zero-order valence-corrected chi connectivity index (χ0v) is 26.4. The van der Waals surface area contributed by atoms with Crippen LogP contribution in [0.4, 0.5) is 0 Å². The molecule has 0 N–H and O–H groups in total. The summed E-state index contributed by atoms with van der Waals surface area (Å²) in [6.07, 6.45) is 3.83. The lowest BCUT2D eigenvalue weighted by Gasteiger charge is -2.29. The van der Waals surface area contributed by atoms with Crippen molar-refractivity contribution in [3.63, 3.8) is 0 Å². The summed E-state index contributed by atoms with van der Waals surface area (Å²) in [4.78, 5) is 23.1. The second kappa shape index (κ2) is 14.4. The van der Waals surface area contributed by atoms with Gasteiger partial charge < -0.3 is 14.7 Å². The smallest absolute Gasteiger partial charge is 0.264 e. The van der Waals surface area contributed by atoms with Crippen LogP contribution in [0.2, 0.25) is 0 Å². The van der Waals surface area contributed by atoms with Crippen LogP contribution in [0.25, 0.3) is 10.8 Å². The van der Waals surface area contributed by atoms with E-state index in [4.69, 9.17) is 0 Å². The second-order valence-electron chi connectivity index (χ2n) is 11.8. The number of carbonyl (C=O) groups is 1. The molecule has 4 aromatic rings. The highest BCUT2D eigenvalue weighted by Crippen LogP contribution is 2.28. The molecule has 228 valence electrons. The van der Waals surface area contributed by atoms with Crippen LogP contribution in [0, 0.1) is 22.7 Å². The molecule has 8 heteroatoms. The monoisotopic (exact) mass is 614 g/mol. The number of hydrogen-bond donors (Lipinski definition) is 0. The van der Waals surface area contributed by atoms with Crippen molar-refractivity contribution < 1.29 is 4.79 Å². The summed E-state index contributed by atoms with van der Waals surface area (Å²) in [7, 11) is 0. The van der Waals surface area contributed by atoms with E-state index in [-0.39, 0.29) is 11.5 Å². The van der Waals surface area contributed by atoms with E-state index in [1.807, 2.05) is 34.5 Å². The van der Waals surface area contributed by atoms with Crippen molar-refractivity contribution in [2.75, 3.05) is 39.3 Å². The number of benzene rings is 3. The van der Waals surface area contributed by atoms with Gasteiger partial charge in [0.1, 0.15) is 18.0 Å². The maximum Gasteiger partial charge on any atom is 0.264 e. The van der Waals surface area contributed by atoms with Crippen LogP contribution in [0.15, 0.2) is 95.6 Å². The number of nitrogens with zero attached hydrogens (tertiary/aromatic N) is 6. The third-order valence-electron chi connectivity index (χ3n) is 8.81. The van der Waals surface area contributed by atoms with Crippen LogP contribution >= 0.6 is 11.3 Å². The number of hydrogen-bond acceptors (Lipinski definition) is 7. The summed E-state index contributed by atoms with van der Waals surface area (Å²) in [5.74, 6) is 0.657. The van der Waals surface area contributed by atoms with Crippen molar-refractivity contribution in [2.24, 2.45) is 0 Å². The first-order valence-electron chi connectivity index (χ1n) is 15.8. The standard InChI is InChI=1S/C37H38N6OS/c38-24-33(25-39)36-41(18-20-42(36)28-32-13-7-12-31-11-2-3-14-34(31)32)19-21-43(37(44)35-15-8-22-45-35)27-30-10-6-9-29(23-30)26-40-16-4-1-5-17-40/h2-3,6-15,22-23H,1,4-5,16-21,26-28H2. The first-order chi connectivity index (χ1) is 22.1. The van der Waals surface area contributed by atoms with Crippen LogP contribution in [-0.2, 0) is 19.6 Å². The minimum absolute atomic E-state index is 0.00422. The maximum atomic E-state index is 13.8. The molecule has 0 aliphatic carbocycles. The van der Waals surface area contributed by atoms with E-state index in [9.17, 15) is 15.3 Å². The molecule has 45 heavy (non-hydrogen) atoms. The molecule has 0 atom stereocenters. The summed E-state index contributed by atoms with van der Waals surface area (Å²) < 4.78 is 0. The summed E-state index contributed by atoms with van der Waals surface area (Å²) in [5.41, 5.74) is 3.65. The molecule has 1 aromatic heterocycles. The highest BCUT2D eigenvalue weighted by Gasteiger charge is 2.30. The Morgan fingerprint density at radius 3 is 2.36 bits per heavy atom. The molecular weight excluding hydrogens is 577 g/mol. The topological polar surface area (TPSA) is 77.6 Å². The highest BCUT2D eigenvalue weighted by atomic mass is 32.1. The van der Waals surface area contributed by atoms with Gasteiger partial charge in [0.15, 0.2) is 5.57 Å². The molecule has 2 aliphatic heterocycles. The Morgan fingerprint density at radius 1 is 0.800 bits per heavy atom. The number of rotatable bonds is 10. The number of thiophene rings is 1. The molecule has 2 saturated heterocycles. The van der Waals surface area contributed by atoms with E-state index in [1.165, 1.54) is 46.9 Å². The zero-order valence-electron chi connectivity index (χ0n) is 25.6. The molecule has 2 fully saturated rings. The Labute approximate surface area is 269 Å². The van der Waals surface area contributed by atoms with Gasteiger partial charge in [-0.1, -0.05) is 79.2 Å². The third-order valence-corrected chi connectivity index (χ3v) is 9.66. The minimum Gasteiger partial charge on any atom is -0.353 e. The van der Waals surface area contributed by atoms with E-state index in [0.29, 0.717) is 50.0 Å². The van der Waals surface area contributed by atoms with Crippen molar-refractivity contribution in [1.82, 2.24) is 19.6 Å². The largest absolute Gasteiger partial charge is 0.353 e. The van der Waals surface area contributed by atoms with Gasteiger partial charge in [-0.25, -0.2) is 0 Å². The van der Waals surface area contributed by atoms with Gasteiger partial charge in [0.2, 0.25) is 0 Å². The Kier molecular flexibility index (Phi) is 9.75. The molecule has 0 unspecified atom stereocenters. The second-order valence-corrected chi connectivity index (χ2v) is 12.8. The molecule has 7 nitrogen and oxygen atoms in total. The van der Waals surface area contributed by atoms with Gasteiger partial charge >= 0.3 is 0 Å². The van der Waals surface area contributed by atoms with Gasteiger partial charge in [-0.05, 0) is 64.8 Å². The van der Waals surface area contributed by atoms with Gasteiger partial charge in [0.05, 0.1) is 4.88 Å². The van der Waals surface area contributed by atoms with Crippen molar-refractivity contribution in [3.8, 4) is 12.1 Å². The van der Waals surface area contributed by atoms with Crippen molar-refractivity contribution in [2.45, 2.75) is 38.9 Å². The lowest BCUT2D eigenvalue weighted by molar-refractivity contribution is 0.0735. The molecule has 2 aliphatic rings. The van der Waals surface area contributed by atoms with E-state index in [2.05, 4.69) is 81.4 Å². The van der Waals surface area contributed by atoms with Crippen LogP contribution in [0.3, 0.4) is 0 Å². The first-order valence-corrected chi connectivity index (χ1v) is 16.6. The maximum absolute atomic E-state index is 13.8. The summed E-state index contributed by atoms with van der Waals surface area (Å²) in [6.45, 7) is 6.70. The Morgan fingerprint density at radius 2 is 1.56 bits per heavy atom. The predicted molar refractivity (Wildman–Crippen MR) is 179 cm³/mol. The summed E-state index contributed by atoms with van der Waals surface area (Å²) >= 11 is 1.45. The summed E-state index contributed by atoms with van der Waals surface area (Å²) in [5, 5.41) is 24.1. The van der Waals surface area contributed by atoms with Gasteiger partial charge in [-0.15, -0.1) is 11.3 Å². The fourth-order valence-electron chi connectivity index (χ4n) is 6.57. The molecular formula is C37H38N6OS. The van der Waals surface area contributed by atoms with E-state index < -0.39 is 0 Å². The molecule has 0 radical (unpaired) electrons. The Bertz CT molecular complexity index is 1720. The fourth-order valence-corrected chi connectivity index (χ4v) is 7.27. The Hall–Kier alpha value is -4.63. The number of fused-ring (bicyclic) bond motifs is 1. The lowest BCUT2D eigenvalue weighted by atomic mass is 10.0. The molecule has 0 saturated carbocycles. The fraction of sp³-hybridized carbons (Fsp3) is 0.324. The van der Waals surface area contributed by atoms with Gasteiger partial charge in [0.25, 0.3) is 5.91 Å². The minimum atomic E-state index is 0.00422. The van der Waals surface area contributed by atoms with E-state index in [1.54, 1.807) is 0 Å². The SMILES string of the molecule is N#CC(C#N)=C1N(CCN(Cc2cccc(CN3CCCCC3)c2)C(=O)c2cccs2)CCN1Cc1cccc2ccccc12. The molecule has 0 spiro atoms. The van der Waals surface area contributed by atoms with E-state index >= 15 is 0 Å². The molecule has 0 bridgehead atoms. The summed E-state index contributed by atoms with van der Waals surface area (Å²) in [6, 6.07) is 31.3. The lowest BCUT2D eigenvalue weighted by Crippen LogP contribution is -2.37. The van der Waals surface area contributed by atoms with Gasteiger partial charge in [0, 0.05) is 45.8 Å². The normalized spacial score (nSPS) is 15.2. The third kappa shape index (κ3) is 7.20. The number of amides is 1. The quantitative estimate of drug-likeness (QED) is 0.187. The molecule has 6 rings (SSSR count). The number of allylic oxidation sites excluding steroid dienone is 1. The van der Waals surface area contributed by atoms with Crippen molar-refractivity contribution >= 4 is 28.0 Å². The van der Waals surface area contributed by atoms with E-state index in [0.717, 1.165) is 30.8 Å². The average molecular weight is 615 g/mol. The predicted octanol–water partition coefficient (Wildman–Crippen LogP) is 6.61. The molecule has 1 amide bonds. The molecule has 3 aromatic carbocycles. The molecule has 3 heterocycles. The number of nitriles is 2. The van der Waals surface area contributed by atoms with Gasteiger partial charge in [-0.3, -0.25) is 9.69 Å². The number of piperidine rings is 1. The van der Waals surface area contributed by atoms with Crippen LogP contribution in [-0.4, -0.2) is 64.8 Å². The van der Waals surface area contributed by atoms with Crippen LogP contribution in [0.5, 0.6) is 0 Å². The van der Waals surface area contributed by atoms with Crippen LogP contribution in [0.1, 0.15) is 45.6 Å². The number of likely N-dealkylation sites (tertiary alicyclic amines) is 1. The average Bonchev–Trinajstić information content (AvgIpc) is 3.75. The van der Waals surface area contributed by atoms with Crippen LogP contribution < -0.4 is 0 Å². The zero-order chi connectivity index (χ0) is 31.0. The first kappa shape index (κ1) is 30.4.